The van der Waals surface area contributed by atoms with Crippen LogP contribution in [0.25, 0.3) is 5.70 Å². The van der Waals surface area contributed by atoms with Gasteiger partial charge in [0.05, 0.1) is 17.9 Å². The number of benzene rings is 1. The van der Waals surface area contributed by atoms with Crippen molar-refractivity contribution in [1.82, 2.24) is 10.2 Å². The van der Waals surface area contributed by atoms with Gasteiger partial charge in [-0.05, 0) is 36.7 Å². The second-order valence-corrected chi connectivity index (χ2v) is 6.58. The van der Waals surface area contributed by atoms with Crippen LogP contribution in [0.1, 0.15) is 26.3 Å². The van der Waals surface area contributed by atoms with Gasteiger partial charge in [-0.2, -0.15) is 0 Å². The van der Waals surface area contributed by atoms with Crippen LogP contribution in [0.2, 0.25) is 0 Å². The summed E-state index contributed by atoms with van der Waals surface area (Å²) in [6, 6.07) is 10.2. The number of halogens is 1. The van der Waals surface area contributed by atoms with Crippen LogP contribution in [0.15, 0.2) is 34.9 Å². The zero-order valence-corrected chi connectivity index (χ0v) is 14.4. The van der Waals surface area contributed by atoms with Crippen molar-refractivity contribution in [3.8, 4) is 0 Å². The molecule has 2 N–H and O–H groups in total. The van der Waals surface area contributed by atoms with Crippen molar-refractivity contribution in [2.24, 2.45) is 0 Å². The minimum atomic E-state index is -0.788. The van der Waals surface area contributed by atoms with E-state index < -0.39 is 5.60 Å². The first-order valence-corrected chi connectivity index (χ1v) is 8.00. The molecule has 1 unspecified atom stereocenters. The zero-order valence-electron chi connectivity index (χ0n) is 12.8. The summed E-state index contributed by atoms with van der Waals surface area (Å²) in [5.74, 6) is 0. The van der Waals surface area contributed by atoms with E-state index in [1.165, 1.54) is 0 Å². The van der Waals surface area contributed by atoms with Gasteiger partial charge in [-0.25, -0.2) is 0 Å². The third kappa shape index (κ3) is 4.22. The molecule has 0 aliphatic carbocycles. The summed E-state index contributed by atoms with van der Waals surface area (Å²) >= 11 is 3.61. The molecule has 1 heterocycles. The molecule has 0 aromatic heterocycles. The highest BCUT2D eigenvalue weighted by molar-refractivity contribution is 9.11. The molecule has 0 radical (unpaired) electrons. The van der Waals surface area contributed by atoms with Crippen LogP contribution in [-0.2, 0) is 4.74 Å². The Balaban J connectivity index is 2.29. The van der Waals surface area contributed by atoms with E-state index in [2.05, 4.69) is 38.3 Å². The van der Waals surface area contributed by atoms with E-state index in [9.17, 15) is 5.11 Å². The Hall–Kier alpha value is -1.04. The average molecular weight is 355 g/mol. The van der Waals surface area contributed by atoms with E-state index in [0.29, 0.717) is 19.8 Å². The lowest BCUT2D eigenvalue weighted by Crippen LogP contribution is -2.47. The van der Waals surface area contributed by atoms with E-state index in [-0.39, 0.29) is 6.17 Å². The Morgan fingerprint density at radius 3 is 2.57 bits per heavy atom. The Kier molecular flexibility index (Phi) is 5.30. The zero-order chi connectivity index (χ0) is 15.5. The molecule has 0 amide bonds. The first-order valence-electron chi connectivity index (χ1n) is 7.21. The first kappa shape index (κ1) is 16.3. The third-order valence-electron chi connectivity index (χ3n) is 3.25. The maximum atomic E-state index is 10.2. The molecule has 1 aliphatic rings. The smallest absolute Gasteiger partial charge is 0.124 e. The standard InChI is InChI=1S/C16H23BrN2O2/c1-4-21-10-13-18-15(17)14(12-8-6-5-7-9-12)19(13)11-16(2,3)20/h5-9,13,18,20H,4,10-11H2,1-3H3. The quantitative estimate of drug-likeness (QED) is 0.771. The van der Waals surface area contributed by atoms with Gasteiger partial charge in [0.1, 0.15) is 10.8 Å². The van der Waals surface area contributed by atoms with Gasteiger partial charge in [0, 0.05) is 18.7 Å². The Morgan fingerprint density at radius 2 is 2.00 bits per heavy atom. The molecule has 5 heteroatoms. The van der Waals surface area contributed by atoms with E-state index in [1.807, 2.05) is 39.0 Å². The second-order valence-electron chi connectivity index (χ2n) is 5.79. The highest BCUT2D eigenvalue weighted by Gasteiger charge is 2.34. The van der Waals surface area contributed by atoms with Gasteiger partial charge in [0.2, 0.25) is 0 Å². The third-order valence-corrected chi connectivity index (χ3v) is 3.85. The van der Waals surface area contributed by atoms with Crippen molar-refractivity contribution in [1.29, 1.82) is 0 Å². The van der Waals surface area contributed by atoms with E-state index in [0.717, 1.165) is 15.9 Å². The number of β-amino-alcohol motifs (C(OH)–C–C–N with tert-alkyl or cyclic N) is 1. The average Bonchev–Trinajstić information content (AvgIpc) is 2.71. The molecule has 0 spiro atoms. The van der Waals surface area contributed by atoms with Gasteiger partial charge in [0.15, 0.2) is 0 Å². The topological polar surface area (TPSA) is 44.7 Å². The Bertz CT molecular complexity index is 497. The summed E-state index contributed by atoms with van der Waals surface area (Å²) in [6.07, 6.45) is 0.0148. The highest BCUT2D eigenvalue weighted by atomic mass is 79.9. The Labute approximate surface area is 134 Å². The van der Waals surface area contributed by atoms with Crippen molar-refractivity contribution >= 4 is 21.6 Å². The van der Waals surface area contributed by atoms with Crippen molar-refractivity contribution in [2.75, 3.05) is 19.8 Å². The summed E-state index contributed by atoms with van der Waals surface area (Å²) < 4.78 is 6.49. The fourth-order valence-electron chi connectivity index (χ4n) is 2.43. The van der Waals surface area contributed by atoms with E-state index >= 15 is 0 Å². The summed E-state index contributed by atoms with van der Waals surface area (Å²) in [5, 5.41) is 13.6. The van der Waals surface area contributed by atoms with Crippen molar-refractivity contribution in [2.45, 2.75) is 32.5 Å². The maximum Gasteiger partial charge on any atom is 0.124 e. The molecule has 2 rings (SSSR count). The van der Waals surface area contributed by atoms with E-state index in [1.54, 1.807) is 0 Å². The van der Waals surface area contributed by atoms with Gasteiger partial charge in [0.25, 0.3) is 0 Å². The number of rotatable bonds is 6. The molecule has 0 saturated heterocycles. The predicted octanol–water partition coefficient (Wildman–Crippen LogP) is 2.75. The van der Waals surface area contributed by atoms with Crippen molar-refractivity contribution < 1.29 is 9.84 Å². The summed E-state index contributed by atoms with van der Waals surface area (Å²) in [4.78, 5) is 2.16. The number of hydrogen-bond donors (Lipinski definition) is 2. The monoisotopic (exact) mass is 354 g/mol. The number of nitrogens with zero attached hydrogens (tertiary/aromatic N) is 1. The van der Waals surface area contributed by atoms with Crippen LogP contribution in [0.3, 0.4) is 0 Å². The van der Waals surface area contributed by atoms with Gasteiger partial charge in [-0.3, -0.25) is 0 Å². The number of hydrogen-bond acceptors (Lipinski definition) is 4. The maximum absolute atomic E-state index is 10.2. The first-order chi connectivity index (χ1) is 9.92. The molecule has 1 aromatic carbocycles. The van der Waals surface area contributed by atoms with Crippen LogP contribution < -0.4 is 5.32 Å². The predicted molar refractivity (Wildman–Crippen MR) is 88.7 cm³/mol. The van der Waals surface area contributed by atoms with Crippen LogP contribution in [0, 0.1) is 0 Å². The normalized spacial score (nSPS) is 19.1. The van der Waals surface area contributed by atoms with Crippen LogP contribution >= 0.6 is 15.9 Å². The lowest BCUT2D eigenvalue weighted by Gasteiger charge is -2.33. The van der Waals surface area contributed by atoms with Gasteiger partial charge >= 0.3 is 0 Å². The molecule has 1 atom stereocenters. The van der Waals surface area contributed by atoms with Crippen LogP contribution in [0.4, 0.5) is 0 Å². The lowest BCUT2D eigenvalue weighted by molar-refractivity contribution is 0.0231. The Morgan fingerprint density at radius 1 is 1.33 bits per heavy atom. The molecular weight excluding hydrogens is 332 g/mol. The molecule has 1 aromatic rings. The molecule has 0 fully saturated rings. The molecule has 0 saturated carbocycles. The van der Waals surface area contributed by atoms with Crippen molar-refractivity contribution in [3.05, 3.63) is 40.5 Å². The number of ether oxygens (including phenoxy) is 1. The van der Waals surface area contributed by atoms with Crippen molar-refractivity contribution in [3.63, 3.8) is 0 Å². The molecule has 21 heavy (non-hydrogen) atoms. The fraction of sp³-hybridized carbons (Fsp3) is 0.500. The van der Waals surface area contributed by atoms with Crippen LogP contribution in [0.5, 0.6) is 0 Å². The molecule has 1 aliphatic heterocycles. The lowest BCUT2D eigenvalue weighted by atomic mass is 10.1. The molecule has 116 valence electrons. The second kappa shape index (κ2) is 6.81. The molecule has 0 bridgehead atoms. The van der Waals surface area contributed by atoms with Gasteiger partial charge in [-0.15, -0.1) is 0 Å². The summed E-state index contributed by atoms with van der Waals surface area (Å²) in [7, 11) is 0. The minimum absolute atomic E-state index is 0.0148. The fourth-order valence-corrected chi connectivity index (χ4v) is 3.15. The molecule has 4 nitrogen and oxygen atoms in total. The number of nitrogens with one attached hydrogen (secondary N) is 1. The summed E-state index contributed by atoms with van der Waals surface area (Å²) in [5.41, 5.74) is 1.38. The minimum Gasteiger partial charge on any atom is -0.389 e. The largest absolute Gasteiger partial charge is 0.389 e. The highest BCUT2D eigenvalue weighted by Crippen LogP contribution is 2.33. The van der Waals surface area contributed by atoms with E-state index in [4.69, 9.17) is 4.74 Å². The van der Waals surface area contributed by atoms with Crippen LogP contribution in [-0.4, -0.2) is 41.5 Å². The number of aliphatic hydroxyl groups is 1. The summed E-state index contributed by atoms with van der Waals surface area (Å²) in [6.45, 7) is 7.39. The van der Waals surface area contributed by atoms with Gasteiger partial charge in [-0.1, -0.05) is 30.3 Å². The molecular formula is C16H23BrN2O2. The SMILES string of the molecule is CCOCC1NC(Br)=C(c2ccccc2)N1CC(C)(C)O. The van der Waals surface area contributed by atoms with Gasteiger partial charge < -0.3 is 20.1 Å².